The minimum atomic E-state index is 0.195. The van der Waals surface area contributed by atoms with Crippen LogP contribution in [0.15, 0.2) is 41.4 Å². The van der Waals surface area contributed by atoms with E-state index < -0.39 is 0 Å². The average Bonchev–Trinajstić information content (AvgIpc) is 2.54. The first kappa shape index (κ1) is 18.0. The van der Waals surface area contributed by atoms with Crippen LogP contribution in [0.2, 0.25) is 5.02 Å². The van der Waals surface area contributed by atoms with Gasteiger partial charge >= 0.3 is 0 Å². The van der Waals surface area contributed by atoms with Crippen molar-refractivity contribution in [2.75, 3.05) is 11.4 Å². The van der Waals surface area contributed by atoms with E-state index in [4.69, 9.17) is 11.6 Å². The second kappa shape index (κ2) is 6.84. The lowest BCUT2D eigenvalue weighted by Gasteiger charge is -2.47. The molecule has 132 valence electrons. The second-order valence-corrected chi connectivity index (χ2v) is 8.05. The standard InChI is InChI=1S/C22H27ClN2/c1-6-25-21-11-15(2)17(12-18(21)16(3)13-22(25,4)5)14-24-20-10-8-7-9-19(20)23/h7-12,14,16H,6,13H2,1-5H3. The number of para-hydroxylation sites is 1. The van der Waals surface area contributed by atoms with E-state index in [2.05, 4.69) is 56.6 Å². The van der Waals surface area contributed by atoms with Crippen LogP contribution in [0, 0.1) is 6.92 Å². The van der Waals surface area contributed by atoms with Gasteiger partial charge in [0, 0.05) is 24.0 Å². The van der Waals surface area contributed by atoms with E-state index in [9.17, 15) is 0 Å². The van der Waals surface area contributed by atoms with E-state index in [1.807, 2.05) is 30.5 Å². The maximum absolute atomic E-state index is 6.22. The molecular formula is C22H27ClN2. The number of aliphatic imine (C=N–C) groups is 1. The van der Waals surface area contributed by atoms with E-state index >= 15 is 0 Å². The lowest BCUT2D eigenvalue weighted by molar-refractivity contribution is 0.381. The molecule has 1 heterocycles. The molecule has 0 bridgehead atoms. The Labute approximate surface area is 156 Å². The summed E-state index contributed by atoms with van der Waals surface area (Å²) < 4.78 is 0. The number of benzene rings is 2. The smallest absolute Gasteiger partial charge is 0.0816 e. The highest BCUT2D eigenvalue weighted by molar-refractivity contribution is 6.33. The van der Waals surface area contributed by atoms with Gasteiger partial charge < -0.3 is 4.90 Å². The van der Waals surface area contributed by atoms with Crippen LogP contribution in [0.3, 0.4) is 0 Å². The molecule has 3 heteroatoms. The Hall–Kier alpha value is -1.80. The third-order valence-electron chi connectivity index (χ3n) is 5.28. The van der Waals surface area contributed by atoms with Gasteiger partial charge in [0.2, 0.25) is 0 Å². The second-order valence-electron chi connectivity index (χ2n) is 7.64. The van der Waals surface area contributed by atoms with Crippen molar-refractivity contribution in [3.63, 3.8) is 0 Å². The Morgan fingerprint density at radius 2 is 2.00 bits per heavy atom. The highest BCUT2D eigenvalue weighted by Crippen LogP contribution is 2.44. The van der Waals surface area contributed by atoms with Gasteiger partial charge in [-0.15, -0.1) is 0 Å². The van der Waals surface area contributed by atoms with Gasteiger partial charge in [-0.25, -0.2) is 0 Å². The van der Waals surface area contributed by atoms with Crippen molar-refractivity contribution in [3.05, 3.63) is 58.1 Å². The molecule has 0 saturated carbocycles. The van der Waals surface area contributed by atoms with Gasteiger partial charge in [-0.1, -0.05) is 30.7 Å². The molecule has 0 radical (unpaired) electrons. The number of hydrogen-bond acceptors (Lipinski definition) is 2. The number of halogens is 1. The molecule has 2 aromatic carbocycles. The van der Waals surface area contributed by atoms with Crippen LogP contribution >= 0.6 is 11.6 Å². The highest BCUT2D eigenvalue weighted by Gasteiger charge is 2.35. The van der Waals surface area contributed by atoms with Crippen LogP contribution in [-0.2, 0) is 0 Å². The summed E-state index contributed by atoms with van der Waals surface area (Å²) in [5.41, 5.74) is 6.22. The average molecular weight is 355 g/mol. The fourth-order valence-electron chi connectivity index (χ4n) is 4.08. The zero-order valence-corrected chi connectivity index (χ0v) is 16.6. The number of nitrogens with zero attached hydrogens (tertiary/aromatic N) is 2. The molecule has 1 atom stereocenters. The molecular weight excluding hydrogens is 328 g/mol. The fourth-order valence-corrected chi connectivity index (χ4v) is 4.27. The van der Waals surface area contributed by atoms with Crippen molar-refractivity contribution < 1.29 is 0 Å². The Kier molecular flexibility index (Phi) is 4.92. The zero-order valence-electron chi connectivity index (χ0n) is 15.8. The molecule has 0 aromatic heterocycles. The summed E-state index contributed by atoms with van der Waals surface area (Å²) in [7, 11) is 0. The van der Waals surface area contributed by atoms with Gasteiger partial charge in [0.1, 0.15) is 0 Å². The first-order valence-electron chi connectivity index (χ1n) is 9.04. The van der Waals surface area contributed by atoms with Gasteiger partial charge in [-0.3, -0.25) is 4.99 Å². The van der Waals surface area contributed by atoms with E-state index in [-0.39, 0.29) is 5.54 Å². The molecule has 1 aliphatic rings. The lowest BCUT2D eigenvalue weighted by Crippen LogP contribution is -2.48. The zero-order chi connectivity index (χ0) is 18.2. The van der Waals surface area contributed by atoms with E-state index in [1.54, 1.807) is 0 Å². The quantitative estimate of drug-likeness (QED) is 0.573. The van der Waals surface area contributed by atoms with Crippen molar-refractivity contribution in [3.8, 4) is 0 Å². The molecule has 0 spiro atoms. The topological polar surface area (TPSA) is 15.6 Å². The molecule has 1 unspecified atom stereocenters. The molecule has 0 amide bonds. The number of hydrogen-bond donors (Lipinski definition) is 0. The molecule has 0 aliphatic carbocycles. The van der Waals surface area contributed by atoms with Crippen molar-refractivity contribution in [2.24, 2.45) is 4.99 Å². The highest BCUT2D eigenvalue weighted by atomic mass is 35.5. The number of fused-ring (bicyclic) bond motifs is 1. The predicted octanol–water partition coefficient (Wildman–Crippen LogP) is 6.51. The Balaban J connectivity index is 2.02. The summed E-state index contributed by atoms with van der Waals surface area (Å²) in [6.45, 7) is 12.4. The molecule has 0 saturated heterocycles. The largest absolute Gasteiger partial charge is 0.366 e. The van der Waals surface area contributed by atoms with E-state index in [1.165, 1.54) is 22.4 Å². The van der Waals surface area contributed by atoms with Gasteiger partial charge in [0.05, 0.1) is 10.7 Å². The van der Waals surface area contributed by atoms with Crippen LogP contribution in [-0.4, -0.2) is 18.3 Å². The van der Waals surface area contributed by atoms with Gasteiger partial charge in [0.25, 0.3) is 0 Å². The molecule has 0 N–H and O–H groups in total. The number of aryl methyl sites for hydroxylation is 1. The van der Waals surface area contributed by atoms with Crippen LogP contribution in [0.1, 0.15) is 56.7 Å². The van der Waals surface area contributed by atoms with Crippen molar-refractivity contribution in [2.45, 2.75) is 52.5 Å². The van der Waals surface area contributed by atoms with Gasteiger partial charge in [-0.05, 0) is 81.0 Å². The molecule has 3 rings (SSSR count). The van der Waals surface area contributed by atoms with Crippen molar-refractivity contribution in [1.29, 1.82) is 0 Å². The predicted molar refractivity (Wildman–Crippen MR) is 110 cm³/mol. The molecule has 25 heavy (non-hydrogen) atoms. The normalized spacial score (nSPS) is 19.3. The molecule has 1 aliphatic heterocycles. The SMILES string of the molecule is CCN1c2cc(C)c(C=Nc3ccccc3Cl)cc2C(C)CC1(C)C. The number of rotatable bonds is 3. The Bertz CT molecular complexity index is 808. The summed E-state index contributed by atoms with van der Waals surface area (Å²) in [6, 6.07) is 12.3. The maximum atomic E-state index is 6.22. The third kappa shape index (κ3) is 3.46. The minimum Gasteiger partial charge on any atom is -0.366 e. The third-order valence-corrected chi connectivity index (χ3v) is 5.60. The fraction of sp³-hybridized carbons (Fsp3) is 0.409. The minimum absolute atomic E-state index is 0.195. The van der Waals surface area contributed by atoms with Crippen molar-refractivity contribution in [1.82, 2.24) is 0 Å². The first-order chi connectivity index (χ1) is 11.8. The van der Waals surface area contributed by atoms with Crippen LogP contribution < -0.4 is 4.90 Å². The van der Waals surface area contributed by atoms with E-state index in [0.717, 1.165) is 18.7 Å². The van der Waals surface area contributed by atoms with Gasteiger partial charge in [-0.2, -0.15) is 0 Å². The van der Waals surface area contributed by atoms with Crippen LogP contribution in [0.25, 0.3) is 0 Å². The summed E-state index contributed by atoms with van der Waals surface area (Å²) in [5, 5.41) is 0.682. The maximum Gasteiger partial charge on any atom is 0.0816 e. The lowest BCUT2D eigenvalue weighted by atomic mass is 9.79. The van der Waals surface area contributed by atoms with E-state index in [0.29, 0.717) is 10.9 Å². The Morgan fingerprint density at radius 3 is 2.68 bits per heavy atom. The van der Waals surface area contributed by atoms with Gasteiger partial charge in [0.15, 0.2) is 0 Å². The molecule has 2 nitrogen and oxygen atoms in total. The summed E-state index contributed by atoms with van der Waals surface area (Å²) in [4.78, 5) is 7.14. The molecule has 0 fully saturated rings. The molecule has 2 aromatic rings. The number of anilines is 1. The van der Waals surface area contributed by atoms with Crippen molar-refractivity contribution >= 4 is 29.2 Å². The monoisotopic (exact) mass is 354 g/mol. The summed E-state index contributed by atoms with van der Waals surface area (Å²) in [5.74, 6) is 0.542. The Morgan fingerprint density at radius 1 is 1.28 bits per heavy atom. The van der Waals surface area contributed by atoms with Crippen LogP contribution in [0.5, 0.6) is 0 Å². The summed E-state index contributed by atoms with van der Waals surface area (Å²) in [6.07, 6.45) is 3.11. The van der Waals surface area contributed by atoms with Crippen LogP contribution in [0.4, 0.5) is 11.4 Å². The summed E-state index contributed by atoms with van der Waals surface area (Å²) >= 11 is 6.22. The first-order valence-corrected chi connectivity index (χ1v) is 9.42.